The molecule has 18 heavy (non-hydrogen) atoms. The van der Waals surface area contributed by atoms with Gasteiger partial charge in [-0.05, 0) is 36.8 Å². The molecule has 0 aliphatic rings. The van der Waals surface area contributed by atoms with E-state index >= 15 is 0 Å². The molecule has 0 unspecified atom stereocenters. The van der Waals surface area contributed by atoms with E-state index in [1.165, 1.54) is 36.4 Å². The number of anilines is 1. The van der Waals surface area contributed by atoms with Crippen LogP contribution in [0.4, 0.5) is 10.1 Å². The molecule has 5 heteroatoms. The van der Waals surface area contributed by atoms with Crippen molar-refractivity contribution < 1.29 is 9.18 Å². The normalized spacial score (nSPS) is 10.1. The minimum absolute atomic E-state index is 0.159. The summed E-state index contributed by atoms with van der Waals surface area (Å²) >= 11 is 0. The molecule has 0 fully saturated rings. The van der Waals surface area contributed by atoms with Crippen molar-refractivity contribution in [3.05, 3.63) is 63.8 Å². The maximum Gasteiger partial charge on any atom is 0.272 e. The summed E-state index contributed by atoms with van der Waals surface area (Å²) in [6.45, 7) is 1.69. The van der Waals surface area contributed by atoms with Crippen LogP contribution in [0.1, 0.15) is 16.1 Å². The van der Waals surface area contributed by atoms with Crippen LogP contribution in [0.15, 0.2) is 41.2 Å². The van der Waals surface area contributed by atoms with Crippen molar-refractivity contribution >= 4 is 11.6 Å². The van der Waals surface area contributed by atoms with Crippen molar-refractivity contribution in [3.63, 3.8) is 0 Å². The lowest BCUT2D eigenvalue weighted by molar-refractivity contribution is 0.102. The van der Waals surface area contributed by atoms with Gasteiger partial charge in [0.15, 0.2) is 0 Å². The molecule has 0 aliphatic carbocycles. The first-order valence-electron chi connectivity index (χ1n) is 5.33. The third-order valence-electron chi connectivity index (χ3n) is 2.45. The second-order valence-electron chi connectivity index (χ2n) is 3.84. The van der Waals surface area contributed by atoms with Crippen molar-refractivity contribution in [2.45, 2.75) is 6.92 Å². The van der Waals surface area contributed by atoms with Gasteiger partial charge in [-0.1, -0.05) is 6.07 Å². The van der Waals surface area contributed by atoms with Crippen LogP contribution in [0.25, 0.3) is 0 Å². The maximum absolute atomic E-state index is 12.9. The van der Waals surface area contributed by atoms with E-state index in [0.717, 1.165) is 0 Å². The first-order chi connectivity index (χ1) is 8.56. The van der Waals surface area contributed by atoms with Gasteiger partial charge in [-0.15, -0.1) is 0 Å². The summed E-state index contributed by atoms with van der Waals surface area (Å²) < 4.78 is 12.9. The van der Waals surface area contributed by atoms with Crippen LogP contribution in [0, 0.1) is 12.7 Å². The summed E-state index contributed by atoms with van der Waals surface area (Å²) in [4.78, 5) is 25.3. The summed E-state index contributed by atoms with van der Waals surface area (Å²) in [7, 11) is 0. The van der Waals surface area contributed by atoms with Gasteiger partial charge in [0, 0.05) is 11.8 Å². The molecule has 0 bridgehead atoms. The van der Waals surface area contributed by atoms with Crippen LogP contribution >= 0.6 is 0 Å². The maximum atomic E-state index is 12.9. The van der Waals surface area contributed by atoms with Crippen molar-refractivity contribution in [2.24, 2.45) is 0 Å². The Morgan fingerprint density at radius 2 is 2.06 bits per heavy atom. The van der Waals surface area contributed by atoms with Crippen LogP contribution in [-0.2, 0) is 0 Å². The highest BCUT2D eigenvalue weighted by atomic mass is 19.1. The van der Waals surface area contributed by atoms with Crippen molar-refractivity contribution in [2.75, 3.05) is 5.32 Å². The number of halogens is 1. The second-order valence-corrected chi connectivity index (χ2v) is 3.84. The number of rotatable bonds is 2. The Kier molecular flexibility index (Phi) is 3.23. The second kappa shape index (κ2) is 4.83. The van der Waals surface area contributed by atoms with E-state index in [-0.39, 0.29) is 17.1 Å². The summed E-state index contributed by atoms with van der Waals surface area (Å²) in [6.07, 6.45) is 0. The molecular formula is C13H11FN2O2. The first-order valence-corrected chi connectivity index (χ1v) is 5.33. The molecule has 0 atom stereocenters. The topological polar surface area (TPSA) is 62.0 Å². The quantitative estimate of drug-likeness (QED) is 0.852. The molecule has 2 N–H and O–H groups in total. The van der Waals surface area contributed by atoms with E-state index in [9.17, 15) is 14.0 Å². The van der Waals surface area contributed by atoms with E-state index in [2.05, 4.69) is 10.3 Å². The lowest BCUT2D eigenvalue weighted by atomic mass is 10.2. The predicted molar refractivity (Wildman–Crippen MR) is 66.2 cm³/mol. The van der Waals surface area contributed by atoms with Gasteiger partial charge >= 0.3 is 0 Å². The fourth-order valence-corrected chi connectivity index (χ4v) is 1.54. The van der Waals surface area contributed by atoms with Crippen LogP contribution in [0.2, 0.25) is 0 Å². The number of aromatic amines is 1. The van der Waals surface area contributed by atoms with Gasteiger partial charge in [0.1, 0.15) is 11.5 Å². The number of hydrogen-bond acceptors (Lipinski definition) is 2. The Balaban J connectivity index is 2.24. The SMILES string of the molecule is Cc1cc(F)ccc1NC(=O)c1cccc(=O)[nH]1. The molecular weight excluding hydrogens is 235 g/mol. The molecule has 0 saturated heterocycles. The number of benzene rings is 1. The number of aryl methyl sites for hydroxylation is 1. The van der Waals surface area contributed by atoms with E-state index in [0.29, 0.717) is 11.3 Å². The minimum atomic E-state index is -0.442. The standard InChI is InChI=1S/C13H11FN2O2/c1-8-7-9(14)5-6-10(8)16-13(18)11-3-2-4-12(17)15-11/h2-7H,1H3,(H,15,17)(H,16,18). The Bertz CT molecular complexity index is 649. The van der Waals surface area contributed by atoms with E-state index in [4.69, 9.17) is 0 Å². The Morgan fingerprint density at radius 1 is 1.28 bits per heavy atom. The van der Waals surface area contributed by atoms with Crippen molar-refractivity contribution in [1.82, 2.24) is 4.98 Å². The van der Waals surface area contributed by atoms with Gasteiger partial charge in [0.25, 0.3) is 5.91 Å². The molecule has 0 radical (unpaired) electrons. The number of amides is 1. The lowest BCUT2D eigenvalue weighted by Crippen LogP contribution is -2.18. The molecule has 4 nitrogen and oxygen atoms in total. The fourth-order valence-electron chi connectivity index (χ4n) is 1.54. The number of pyridine rings is 1. The zero-order chi connectivity index (χ0) is 13.1. The molecule has 1 heterocycles. The summed E-state index contributed by atoms with van der Waals surface area (Å²) in [5.41, 5.74) is 0.928. The molecule has 0 spiro atoms. The van der Waals surface area contributed by atoms with Crippen molar-refractivity contribution in [3.8, 4) is 0 Å². The number of H-pyrrole nitrogens is 1. The van der Waals surface area contributed by atoms with Crippen LogP contribution in [0.5, 0.6) is 0 Å². The average Bonchev–Trinajstić information content (AvgIpc) is 2.32. The Hall–Kier alpha value is -2.43. The van der Waals surface area contributed by atoms with E-state index in [1.54, 1.807) is 6.92 Å². The fraction of sp³-hybridized carbons (Fsp3) is 0.0769. The van der Waals surface area contributed by atoms with Crippen LogP contribution < -0.4 is 10.9 Å². The molecule has 2 aromatic rings. The number of nitrogens with one attached hydrogen (secondary N) is 2. The van der Waals surface area contributed by atoms with Crippen LogP contribution in [0.3, 0.4) is 0 Å². The third-order valence-corrected chi connectivity index (χ3v) is 2.45. The third kappa shape index (κ3) is 2.63. The van der Waals surface area contributed by atoms with Gasteiger partial charge < -0.3 is 10.3 Å². The molecule has 1 amide bonds. The number of carbonyl (C=O) groups excluding carboxylic acids is 1. The first kappa shape index (κ1) is 12.0. The van der Waals surface area contributed by atoms with Crippen LogP contribution in [-0.4, -0.2) is 10.9 Å². The lowest BCUT2D eigenvalue weighted by Gasteiger charge is -2.08. The molecule has 92 valence electrons. The molecule has 1 aromatic carbocycles. The summed E-state index contributed by atoms with van der Waals surface area (Å²) in [5.74, 6) is -0.805. The predicted octanol–water partition coefficient (Wildman–Crippen LogP) is 2.07. The highest BCUT2D eigenvalue weighted by molar-refractivity contribution is 6.03. The zero-order valence-electron chi connectivity index (χ0n) is 9.66. The number of carbonyl (C=O) groups is 1. The molecule has 0 saturated carbocycles. The highest BCUT2D eigenvalue weighted by Gasteiger charge is 2.08. The Morgan fingerprint density at radius 3 is 2.72 bits per heavy atom. The monoisotopic (exact) mass is 246 g/mol. The van der Waals surface area contributed by atoms with Gasteiger partial charge in [-0.2, -0.15) is 0 Å². The minimum Gasteiger partial charge on any atom is -0.320 e. The summed E-state index contributed by atoms with van der Waals surface area (Å²) in [6, 6.07) is 8.37. The smallest absolute Gasteiger partial charge is 0.272 e. The van der Waals surface area contributed by atoms with E-state index < -0.39 is 5.91 Å². The molecule has 0 aliphatic heterocycles. The van der Waals surface area contributed by atoms with Gasteiger partial charge in [0.05, 0.1) is 0 Å². The van der Waals surface area contributed by atoms with Gasteiger partial charge in [-0.25, -0.2) is 4.39 Å². The van der Waals surface area contributed by atoms with Gasteiger partial charge in [0.2, 0.25) is 5.56 Å². The number of aromatic nitrogens is 1. The number of hydrogen-bond donors (Lipinski definition) is 2. The average molecular weight is 246 g/mol. The molecule has 1 aromatic heterocycles. The van der Waals surface area contributed by atoms with Crippen molar-refractivity contribution in [1.29, 1.82) is 0 Å². The van der Waals surface area contributed by atoms with E-state index in [1.807, 2.05) is 0 Å². The highest BCUT2D eigenvalue weighted by Crippen LogP contribution is 2.16. The molecule has 2 rings (SSSR count). The van der Waals surface area contributed by atoms with Gasteiger partial charge in [-0.3, -0.25) is 9.59 Å². The largest absolute Gasteiger partial charge is 0.320 e. The summed E-state index contributed by atoms with van der Waals surface area (Å²) in [5, 5.41) is 2.61. The Labute approximate surface area is 102 Å². The zero-order valence-corrected chi connectivity index (χ0v) is 9.66.